The zero-order chi connectivity index (χ0) is 20.5. The average molecular weight is 399 g/mol. The Labute approximate surface area is 168 Å². The largest absolute Gasteiger partial charge is 0.350 e. The van der Waals surface area contributed by atoms with Crippen molar-refractivity contribution in [1.29, 1.82) is 0 Å². The Kier molecular flexibility index (Phi) is 5.36. The summed E-state index contributed by atoms with van der Waals surface area (Å²) in [4.78, 5) is 22.3. The van der Waals surface area contributed by atoms with Crippen LogP contribution in [0.15, 0.2) is 22.7 Å². The molecule has 7 nitrogen and oxygen atoms in total. The highest BCUT2D eigenvalue weighted by Gasteiger charge is 2.28. The monoisotopic (exact) mass is 399 g/mol. The summed E-state index contributed by atoms with van der Waals surface area (Å²) in [5, 5.41) is 7.67. The molecule has 154 valence electrons. The Bertz CT molecular complexity index is 986. The number of hydrogen-bond acceptors (Lipinski definition) is 5. The molecule has 1 amide bonds. The molecule has 8 heteroatoms. The molecule has 4 rings (SSSR count). The highest BCUT2D eigenvalue weighted by molar-refractivity contribution is 5.99. The normalized spacial score (nSPS) is 19.8. The van der Waals surface area contributed by atoms with Crippen LogP contribution >= 0.6 is 0 Å². The number of nitrogens with one attached hydrogen (secondary N) is 2. The fraction of sp³-hybridized carbons (Fsp3) is 0.476. The molecule has 1 aliphatic carbocycles. The second kappa shape index (κ2) is 7.94. The maximum absolute atomic E-state index is 14.0. The standard InChI is InChI=1S/C21H26FN5O2/c1-12-7-8-16(22)15-10-17(24-19(12)15)21(28)23-14-6-4-5-13(9-14)20-25-18(29-26-20)11-27(2)3/h7-8,10,13-14,24H,4-6,9,11H2,1-3H3,(H,23,28)/t13-,14+/m0/s1. The van der Waals surface area contributed by atoms with Gasteiger partial charge in [-0.15, -0.1) is 0 Å². The number of H-pyrrole nitrogens is 1. The number of carbonyl (C=O) groups is 1. The number of aryl methyl sites for hydroxylation is 1. The molecule has 2 atom stereocenters. The van der Waals surface area contributed by atoms with Crippen molar-refractivity contribution < 1.29 is 13.7 Å². The third kappa shape index (κ3) is 4.17. The van der Waals surface area contributed by atoms with Gasteiger partial charge >= 0.3 is 0 Å². The van der Waals surface area contributed by atoms with Crippen LogP contribution in [0.4, 0.5) is 4.39 Å². The van der Waals surface area contributed by atoms with Crippen molar-refractivity contribution in [3.8, 4) is 0 Å². The molecule has 1 aliphatic rings. The highest BCUT2D eigenvalue weighted by Crippen LogP contribution is 2.31. The smallest absolute Gasteiger partial charge is 0.267 e. The first kappa shape index (κ1) is 19.6. The first-order valence-corrected chi connectivity index (χ1v) is 9.96. The molecule has 2 N–H and O–H groups in total. The molecule has 2 heterocycles. The van der Waals surface area contributed by atoms with Gasteiger partial charge in [-0.2, -0.15) is 4.98 Å². The van der Waals surface area contributed by atoms with Gasteiger partial charge in [0.1, 0.15) is 11.5 Å². The summed E-state index contributed by atoms with van der Waals surface area (Å²) in [5.41, 5.74) is 1.95. The Balaban J connectivity index is 1.44. The summed E-state index contributed by atoms with van der Waals surface area (Å²) in [5.74, 6) is 0.933. The van der Waals surface area contributed by atoms with E-state index in [1.165, 1.54) is 6.07 Å². The van der Waals surface area contributed by atoms with Crippen molar-refractivity contribution >= 4 is 16.8 Å². The van der Waals surface area contributed by atoms with Crippen LogP contribution in [0.3, 0.4) is 0 Å². The van der Waals surface area contributed by atoms with Crippen LogP contribution in [0.2, 0.25) is 0 Å². The van der Waals surface area contributed by atoms with Gasteiger partial charge in [0.15, 0.2) is 5.82 Å². The Morgan fingerprint density at radius 3 is 2.97 bits per heavy atom. The number of aromatic amines is 1. The SMILES string of the molecule is Cc1ccc(F)c2cc(C(=O)N[C@@H]3CCC[C@H](c4noc(CN(C)C)n4)C3)[nH]c12. The highest BCUT2D eigenvalue weighted by atomic mass is 19.1. The maximum atomic E-state index is 14.0. The van der Waals surface area contributed by atoms with Crippen LogP contribution in [0.25, 0.3) is 10.9 Å². The van der Waals surface area contributed by atoms with E-state index in [1.807, 2.05) is 25.9 Å². The molecule has 0 spiro atoms. The average Bonchev–Trinajstić information content (AvgIpc) is 3.33. The Morgan fingerprint density at radius 2 is 2.21 bits per heavy atom. The fourth-order valence-corrected chi connectivity index (χ4v) is 4.03. The second-order valence-electron chi connectivity index (χ2n) is 8.15. The lowest BCUT2D eigenvalue weighted by Gasteiger charge is -2.27. The molecule has 0 bridgehead atoms. The molecular formula is C21H26FN5O2. The van der Waals surface area contributed by atoms with Crippen molar-refractivity contribution in [3.63, 3.8) is 0 Å². The Morgan fingerprint density at radius 1 is 1.38 bits per heavy atom. The van der Waals surface area contributed by atoms with Crippen LogP contribution in [0, 0.1) is 12.7 Å². The minimum atomic E-state index is -0.329. The van der Waals surface area contributed by atoms with Gasteiger partial charge in [-0.25, -0.2) is 4.39 Å². The summed E-state index contributed by atoms with van der Waals surface area (Å²) >= 11 is 0. The maximum Gasteiger partial charge on any atom is 0.267 e. The first-order valence-electron chi connectivity index (χ1n) is 9.96. The number of amides is 1. The predicted octanol–water partition coefficient (Wildman–Crippen LogP) is 3.52. The third-order valence-electron chi connectivity index (χ3n) is 5.50. The van der Waals surface area contributed by atoms with Crippen molar-refractivity contribution in [2.45, 2.75) is 51.1 Å². The van der Waals surface area contributed by atoms with Crippen LogP contribution in [0.1, 0.15) is 59.4 Å². The van der Waals surface area contributed by atoms with Gasteiger partial charge in [-0.3, -0.25) is 4.79 Å². The molecule has 3 aromatic rings. The van der Waals surface area contributed by atoms with E-state index in [-0.39, 0.29) is 23.7 Å². The minimum absolute atomic E-state index is 0.0226. The number of benzene rings is 1. The van der Waals surface area contributed by atoms with Gasteiger partial charge < -0.3 is 19.7 Å². The lowest BCUT2D eigenvalue weighted by molar-refractivity contribution is 0.0920. The second-order valence-corrected chi connectivity index (χ2v) is 8.15. The van der Waals surface area contributed by atoms with Gasteiger partial charge in [0.2, 0.25) is 5.89 Å². The lowest BCUT2D eigenvalue weighted by Crippen LogP contribution is -2.38. The quantitative estimate of drug-likeness (QED) is 0.686. The van der Waals surface area contributed by atoms with E-state index in [0.29, 0.717) is 34.9 Å². The molecule has 0 radical (unpaired) electrons. The van der Waals surface area contributed by atoms with Crippen molar-refractivity contribution in [1.82, 2.24) is 25.3 Å². The fourth-order valence-electron chi connectivity index (χ4n) is 4.03. The van der Waals surface area contributed by atoms with Gasteiger partial charge in [0.25, 0.3) is 5.91 Å². The van der Waals surface area contributed by atoms with Gasteiger partial charge in [-0.1, -0.05) is 17.6 Å². The molecule has 1 aromatic carbocycles. The number of carbonyl (C=O) groups excluding carboxylic acids is 1. The van der Waals surface area contributed by atoms with E-state index in [4.69, 9.17) is 4.52 Å². The first-order chi connectivity index (χ1) is 13.9. The molecule has 0 unspecified atom stereocenters. The van der Waals surface area contributed by atoms with E-state index in [2.05, 4.69) is 20.4 Å². The number of halogens is 1. The van der Waals surface area contributed by atoms with Crippen LogP contribution in [-0.2, 0) is 6.54 Å². The van der Waals surface area contributed by atoms with E-state index < -0.39 is 0 Å². The molecule has 0 aliphatic heterocycles. The molecular weight excluding hydrogens is 373 g/mol. The van der Waals surface area contributed by atoms with Crippen molar-refractivity contribution in [2.75, 3.05) is 14.1 Å². The zero-order valence-corrected chi connectivity index (χ0v) is 17.0. The number of fused-ring (bicyclic) bond motifs is 1. The number of hydrogen-bond donors (Lipinski definition) is 2. The van der Waals surface area contributed by atoms with Crippen LogP contribution in [-0.4, -0.2) is 46.1 Å². The molecule has 1 fully saturated rings. The molecule has 0 saturated heterocycles. The molecule has 1 saturated carbocycles. The van der Waals surface area contributed by atoms with Gasteiger partial charge in [0.05, 0.1) is 12.1 Å². The van der Waals surface area contributed by atoms with Crippen LogP contribution < -0.4 is 5.32 Å². The number of aromatic nitrogens is 3. The number of rotatable bonds is 5. The summed E-state index contributed by atoms with van der Waals surface area (Å²) in [6.07, 6.45) is 3.62. The summed E-state index contributed by atoms with van der Waals surface area (Å²) in [6.45, 7) is 2.50. The van der Waals surface area contributed by atoms with Crippen molar-refractivity contribution in [3.05, 3.63) is 47.0 Å². The number of nitrogens with zero attached hydrogens (tertiary/aromatic N) is 3. The van der Waals surface area contributed by atoms with Gasteiger partial charge in [-0.05, 0) is 58.0 Å². The molecule has 2 aromatic heterocycles. The molecule has 29 heavy (non-hydrogen) atoms. The lowest BCUT2D eigenvalue weighted by atomic mass is 9.85. The van der Waals surface area contributed by atoms with Crippen molar-refractivity contribution in [2.24, 2.45) is 0 Å². The predicted molar refractivity (Wildman–Crippen MR) is 107 cm³/mol. The summed E-state index contributed by atoms with van der Waals surface area (Å²) < 4.78 is 19.4. The summed E-state index contributed by atoms with van der Waals surface area (Å²) in [6, 6.07) is 4.74. The third-order valence-corrected chi connectivity index (χ3v) is 5.50. The van der Waals surface area contributed by atoms with E-state index in [9.17, 15) is 9.18 Å². The van der Waals surface area contributed by atoms with Gasteiger partial charge in [0, 0.05) is 17.3 Å². The summed E-state index contributed by atoms with van der Waals surface area (Å²) in [7, 11) is 3.90. The van der Waals surface area contributed by atoms with E-state index in [0.717, 1.165) is 31.2 Å². The minimum Gasteiger partial charge on any atom is -0.350 e. The van der Waals surface area contributed by atoms with E-state index in [1.54, 1.807) is 12.1 Å². The zero-order valence-electron chi connectivity index (χ0n) is 17.0. The van der Waals surface area contributed by atoms with E-state index >= 15 is 0 Å². The topological polar surface area (TPSA) is 87.1 Å². The Hall–Kier alpha value is -2.74. The van der Waals surface area contributed by atoms with Crippen LogP contribution in [0.5, 0.6) is 0 Å².